The Balaban J connectivity index is 1.94. The van der Waals surface area contributed by atoms with E-state index in [-0.39, 0.29) is 12.4 Å². The van der Waals surface area contributed by atoms with Crippen LogP contribution in [0.15, 0.2) is 0 Å². The van der Waals surface area contributed by atoms with E-state index in [0.717, 1.165) is 12.8 Å². The molecule has 0 aromatic carbocycles. The molecule has 0 amide bonds. The van der Waals surface area contributed by atoms with Crippen LogP contribution < -0.4 is 0 Å². The lowest BCUT2D eigenvalue weighted by Crippen LogP contribution is -2.51. The van der Waals surface area contributed by atoms with E-state index in [2.05, 4.69) is 0 Å². The molecule has 0 atom stereocenters. The zero-order chi connectivity index (χ0) is 11.8. The van der Waals surface area contributed by atoms with Crippen LogP contribution in [0.4, 0.5) is 0 Å². The summed E-state index contributed by atoms with van der Waals surface area (Å²) in [5, 5.41) is 8.61. The van der Waals surface area contributed by atoms with E-state index in [4.69, 9.17) is 5.11 Å². The van der Waals surface area contributed by atoms with Crippen molar-refractivity contribution >= 4 is 16.0 Å². The molecule has 2 fully saturated rings. The number of nitrogens with zero attached hydrogens (tertiary/aromatic N) is 2. The van der Waals surface area contributed by atoms with Gasteiger partial charge in [0.05, 0.1) is 6.54 Å². The summed E-state index contributed by atoms with van der Waals surface area (Å²) in [4.78, 5) is 12.0. The van der Waals surface area contributed by atoms with Gasteiger partial charge in [-0.05, 0) is 18.8 Å². The second-order valence-corrected chi connectivity index (χ2v) is 6.43. The Bertz CT molecular complexity index is 377. The van der Waals surface area contributed by atoms with Gasteiger partial charge in [-0.1, -0.05) is 0 Å². The number of carbonyl (C=O) groups is 1. The normalized spacial score (nSPS) is 26.8. The molecule has 2 aliphatic rings. The van der Waals surface area contributed by atoms with Crippen molar-refractivity contribution in [1.29, 1.82) is 0 Å². The average molecular weight is 248 g/mol. The fraction of sp³-hybridized carbons (Fsp3) is 0.889. The van der Waals surface area contributed by atoms with Crippen LogP contribution in [0, 0.1) is 5.92 Å². The molecule has 0 unspecified atom stereocenters. The number of rotatable bonds is 4. The van der Waals surface area contributed by atoms with E-state index in [1.54, 1.807) is 0 Å². The Kier molecular flexibility index (Phi) is 3.18. The molecule has 0 radical (unpaired) electrons. The van der Waals surface area contributed by atoms with Crippen LogP contribution in [0.5, 0.6) is 0 Å². The van der Waals surface area contributed by atoms with Gasteiger partial charge in [-0.15, -0.1) is 0 Å². The number of carboxylic acid groups (broad SMARTS) is 1. The quantitative estimate of drug-likeness (QED) is 0.718. The van der Waals surface area contributed by atoms with Crippen molar-refractivity contribution in [3.8, 4) is 0 Å². The van der Waals surface area contributed by atoms with Gasteiger partial charge >= 0.3 is 5.97 Å². The molecule has 7 heteroatoms. The van der Waals surface area contributed by atoms with Gasteiger partial charge in [0.25, 0.3) is 0 Å². The monoisotopic (exact) mass is 248 g/mol. The summed E-state index contributed by atoms with van der Waals surface area (Å²) < 4.78 is 25.2. The predicted molar refractivity (Wildman–Crippen MR) is 57.3 cm³/mol. The summed E-state index contributed by atoms with van der Waals surface area (Å²) in [5.41, 5.74) is 0. The molecule has 1 saturated carbocycles. The first-order valence-electron chi connectivity index (χ1n) is 5.39. The first-order valence-corrected chi connectivity index (χ1v) is 7.00. The van der Waals surface area contributed by atoms with E-state index in [9.17, 15) is 13.2 Å². The first-order chi connectivity index (χ1) is 7.47. The molecule has 0 aromatic heterocycles. The van der Waals surface area contributed by atoms with Crippen molar-refractivity contribution in [3.63, 3.8) is 0 Å². The maximum Gasteiger partial charge on any atom is 0.317 e. The minimum Gasteiger partial charge on any atom is -0.480 e. The highest BCUT2D eigenvalue weighted by molar-refractivity contribution is 7.89. The summed E-state index contributed by atoms with van der Waals surface area (Å²) in [6, 6.07) is 0. The van der Waals surface area contributed by atoms with Gasteiger partial charge in [-0.3, -0.25) is 9.69 Å². The van der Waals surface area contributed by atoms with Crippen LogP contribution in [0.3, 0.4) is 0 Å². The lowest BCUT2D eigenvalue weighted by atomic mass is 10.4. The summed E-state index contributed by atoms with van der Waals surface area (Å²) in [6.45, 7) is 1.35. The van der Waals surface area contributed by atoms with Gasteiger partial charge in [0.1, 0.15) is 5.88 Å². The summed E-state index contributed by atoms with van der Waals surface area (Å²) in [7, 11) is -3.28. The third kappa shape index (κ3) is 2.93. The molecule has 0 spiro atoms. The third-order valence-corrected chi connectivity index (χ3v) is 4.73. The predicted octanol–water partition coefficient (Wildman–Crippen LogP) is -0.614. The summed E-state index contributed by atoms with van der Waals surface area (Å²) in [5.74, 6) is -0.613. The van der Waals surface area contributed by atoms with Crippen molar-refractivity contribution in [2.45, 2.75) is 12.8 Å². The molecule has 6 nitrogen and oxygen atoms in total. The van der Waals surface area contributed by atoms with Crippen LogP contribution in [-0.4, -0.2) is 60.8 Å². The van der Waals surface area contributed by atoms with Crippen molar-refractivity contribution in [3.05, 3.63) is 0 Å². The Morgan fingerprint density at radius 3 is 2.50 bits per heavy atom. The molecule has 1 saturated heterocycles. The smallest absolute Gasteiger partial charge is 0.317 e. The fourth-order valence-electron chi connectivity index (χ4n) is 1.88. The lowest BCUT2D eigenvalue weighted by Gasteiger charge is -2.33. The van der Waals surface area contributed by atoms with Gasteiger partial charge in [0.15, 0.2) is 0 Å². The standard InChI is InChI=1S/C9H16N2O4S/c12-9(13)6-10-3-4-11(5-8-1-2-8)16(14,15)7-10/h8H,1-7H2,(H,12,13). The molecule has 92 valence electrons. The minimum absolute atomic E-state index is 0.161. The Morgan fingerprint density at radius 1 is 1.31 bits per heavy atom. The highest BCUT2D eigenvalue weighted by Crippen LogP contribution is 2.31. The Labute approximate surface area is 94.9 Å². The molecule has 1 N–H and O–H groups in total. The molecular weight excluding hydrogens is 232 g/mol. The Hall–Kier alpha value is -0.660. The van der Waals surface area contributed by atoms with Gasteiger partial charge in [-0.25, -0.2) is 8.42 Å². The molecule has 1 aliphatic heterocycles. The van der Waals surface area contributed by atoms with Crippen LogP contribution in [-0.2, 0) is 14.8 Å². The van der Waals surface area contributed by atoms with Crippen LogP contribution in [0.1, 0.15) is 12.8 Å². The van der Waals surface area contributed by atoms with Crippen molar-refractivity contribution in [2.75, 3.05) is 32.1 Å². The number of carboxylic acids is 1. The van der Waals surface area contributed by atoms with E-state index in [1.807, 2.05) is 0 Å². The van der Waals surface area contributed by atoms with Crippen LogP contribution in [0.25, 0.3) is 0 Å². The summed E-state index contributed by atoms with van der Waals surface area (Å²) in [6.07, 6.45) is 2.23. The molecule has 16 heavy (non-hydrogen) atoms. The Morgan fingerprint density at radius 2 is 2.00 bits per heavy atom. The van der Waals surface area contributed by atoms with Gasteiger partial charge < -0.3 is 5.11 Å². The maximum atomic E-state index is 11.8. The van der Waals surface area contributed by atoms with Gasteiger partial charge in [-0.2, -0.15) is 4.31 Å². The molecular formula is C9H16N2O4S. The number of aliphatic carboxylic acids is 1. The number of hydrogen-bond donors (Lipinski definition) is 1. The molecule has 1 aliphatic carbocycles. The highest BCUT2D eigenvalue weighted by Gasteiger charge is 2.35. The van der Waals surface area contributed by atoms with Crippen LogP contribution in [0.2, 0.25) is 0 Å². The zero-order valence-corrected chi connectivity index (χ0v) is 9.82. The third-order valence-electron chi connectivity index (χ3n) is 2.92. The zero-order valence-electron chi connectivity index (χ0n) is 9.00. The van der Waals surface area contributed by atoms with Crippen molar-refractivity contribution in [1.82, 2.24) is 9.21 Å². The van der Waals surface area contributed by atoms with Crippen molar-refractivity contribution in [2.24, 2.45) is 5.92 Å². The van der Waals surface area contributed by atoms with E-state index >= 15 is 0 Å². The minimum atomic E-state index is -3.28. The van der Waals surface area contributed by atoms with Crippen LogP contribution >= 0.6 is 0 Å². The van der Waals surface area contributed by atoms with Gasteiger partial charge in [0, 0.05) is 19.6 Å². The second kappa shape index (κ2) is 4.31. The average Bonchev–Trinajstić information content (AvgIpc) is 2.91. The van der Waals surface area contributed by atoms with Crippen molar-refractivity contribution < 1.29 is 18.3 Å². The van der Waals surface area contributed by atoms with E-state index in [0.29, 0.717) is 25.6 Å². The SMILES string of the molecule is O=C(O)CN1CCN(CC2CC2)S(=O)(=O)C1. The molecule has 0 bridgehead atoms. The molecule has 2 rings (SSSR count). The fourth-order valence-corrected chi connectivity index (χ4v) is 3.52. The van der Waals surface area contributed by atoms with E-state index in [1.165, 1.54) is 9.21 Å². The first kappa shape index (κ1) is 11.8. The van der Waals surface area contributed by atoms with E-state index < -0.39 is 16.0 Å². The number of hydrogen-bond acceptors (Lipinski definition) is 4. The highest BCUT2D eigenvalue weighted by atomic mass is 32.2. The largest absolute Gasteiger partial charge is 0.480 e. The summed E-state index contributed by atoms with van der Waals surface area (Å²) >= 11 is 0. The topological polar surface area (TPSA) is 77.9 Å². The lowest BCUT2D eigenvalue weighted by molar-refractivity contribution is -0.138. The maximum absolute atomic E-state index is 11.8. The molecule has 0 aromatic rings. The number of sulfonamides is 1. The molecule has 1 heterocycles. The second-order valence-electron chi connectivity index (χ2n) is 4.49. The van der Waals surface area contributed by atoms with Gasteiger partial charge in [0.2, 0.25) is 10.0 Å².